The molecule has 0 radical (unpaired) electrons. The second kappa shape index (κ2) is 7.56. The lowest BCUT2D eigenvalue weighted by molar-refractivity contribution is 0.0877. The van der Waals surface area contributed by atoms with E-state index in [9.17, 15) is 5.11 Å². The molecule has 1 unspecified atom stereocenters. The number of hydrogen-bond acceptors (Lipinski definition) is 5. The van der Waals surface area contributed by atoms with Crippen LogP contribution >= 0.6 is 11.3 Å². The first-order chi connectivity index (χ1) is 10.3. The summed E-state index contributed by atoms with van der Waals surface area (Å²) in [6, 6.07) is 0. The van der Waals surface area contributed by atoms with Crippen molar-refractivity contribution in [1.82, 2.24) is 9.88 Å². The van der Waals surface area contributed by atoms with Crippen LogP contribution in [-0.2, 0) is 0 Å². The quantitative estimate of drug-likeness (QED) is 0.876. The van der Waals surface area contributed by atoms with Crippen LogP contribution < -0.4 is 4.74 Å². The molecule has 2 aliphatic rings. The van der Waals surface area contributed by atoms with Gasteiger partial charge in [0.05, 0.1) is 11.0 Å². The summed E-state index contributed by atoms with van der Waals surface area (Å²) in [7, 11) is 0. The lowest BCUT2D eigenvalue weighted by atomic mass is 9.85. The molecule has 1 saturated carbocycles. The average Bonchev–Trinajstić information content (AvgIpc) is 3.19. The van der Waals surface area contributed by atoms with Crippen LogP contribution in [0.2, 0.25) is 0 Å². The van der Waals surface area contributed by atoms with Crippen molar-refractivity contribution in [2.24, 2.45) is 5.92 Å². The molecule has 1 aliphatic heterocycles. The van der Waals surface area contributed by atoms with Crippen molar-refractivity contribution in [2.75, 3.05) is 26.2 Å². The first kappa shape index (κ1) is 15.3. The van der Waals surface area contributed by atoms with Crippen LogP contribution in [0.4, 0.5) is 0 Å². The monoisotopic (exact) mass is 310 g/mol. The van der Waals surface area contributed by atoms with Gasteiger partial charge in [-0.1, -0.05) is 30.6 Å². The van der Waals surface area contributed by atoms with Crippen molar-refractivity contribution in [2.45, 2.75) is 51.0 Å². The molecule has 118 valence electrons. The minimum atomic E-state index is -0.348. The normalized spacial score (nSPS) is 22.5. The molecule has 4 nitrogen and oxygen atoms in total. The van der Waals surface area contributed by atoms with Gasteiger partial charge in [-0.25, -0.2) is 4.98 Å². The van der Waals surface area contributed by atoms with Crippen LogP contribution in [0.15, 0.2) is 6.20 Å². The maximum atomic E-state index is 10.5. The molecule has 0 spiro atoms. The second-order valence-electron chi connectivity index (χ2n) is 6.27. The molecule has 2 heterocycles. The van der Waals surface area contributed by atoms with Crippen molar-refractivity contribution < 1.29 is 9.84 Å². The minimum absolute atomic E-state index is 0.348. The zero-order chi connectivity index (χ0) is 14.5. The zero-order valence-corrected chi connectivity index (χ0v) is 13.5. The number of thiazole rings is 1. The summed E-state index contributed by atoms with van der Waals surface area (Å²) in [5, 5.41) is 11.2. The molecular weight excluding hydrogens is 284 g/mol. The average molecular weight is 310 g/mol. The van der Waals surface area contributed by atoms with E-state index in [-0.39, 0.29) is 6.10 Å². The third-order valence-electron chi connectivity index (χ3n) is 4.72. The number of likely N-dealkylation sites (tertiary alicyclic amines) is 1. The number of aliphatic hydroxyl groups excluding tert-OH is 1. The summed E-state index contributed by atoms with van der Waals surface area (Å²) in [5.74, 6) is 0.414. The maximum absolute atomic E-state index is 10.5. The Morgan fingerprint density at radius 1 is 1.24 bits per heavy atom. The highest BCUT2D eigenvalue weighted by Crippen LogP contribution is 2.37. The van der Waals surface area contributed by atoms with Crippen molar-refractivity contribution >= 4 is 11.3 Å². The Bertz CT molecular complexity index is 426. The molecule has 2 fully saturated rings. The fourth-order valence-electron chi connectivity index (χ4n) is 3.42. The summed E-state index contributed by atoms with van der Waals surface area (Å²) < 4.78 is 5.74. The predicted molar refractivity (Wildman–Crippen MR) is 84.8 cm³/mol. The first-order valence-electron chi connectivity index (χ1n) is 8.32. The Kier molecular flexibility index (Phi) is 5.49. The highest BCUT2D eigenvalue weighted by atomic mass is 32.1. The van der Waals surface area contributed by atoms with E-state index < -0.39 is 0 Å². The Balaban J connectivity index is 1.46. The molecule has 1 aromatic rings. The van der Waals surface area contributed by atoms with E-state index >= 15 is 0 Å². The summed E-state index contributed by atoms with van der Waals surface area (Å²) in [6.45, 7) is 4.09. The summed E-state index contributed by atoms with van der Waals surface area (Å²) >= 11 is 1.52. The van der Waals surface area contributed by atoms with Crippen LogP contribution in [0.3, 0.4) is 0 Å². The van der Waals surface area contributed by atoms with Crippen molar-refractivity contribution in [1.29, 1.82) is 0 Å². The molecule has 5 heteroatoms. The molecule has 0 aromatic carbocycles. The van der Waals surface area contributed by atoms with E-state index in [0.29, 0.717) is 17.7 Å². The standard InChI is InChI=1S/C16H26N2O2S/c19-15(13-6-2-1-3-7-13)14-12-17-16(21-14)20-11-10-18-8-4-5-9-18/h12-13,15,19H,1-11H2. The molecule has 0 amide bonds. The van der Waals surface area contributed by atoms with Gasteiger partial charge in [-0.05, 0) is 44.7 Å². The smallest absolute Gasteiger partial charge is 0.273 e. The first-order valence-corrected chi connectivity index (χ1v) is 9.13. The summed E-state index contributed by atoms with van der Waals surface area (Å²) in [4.78, 5) is 7.72. The number of nitrogens with zero attached hydrogens (tertiary/aromatic N) is 2. The van der Waals surface area contributed by atoms with E-state index in [1.807, 2.05) is 0 Å². The fraction of sp³-hybridized carbons (Fsp3) is 0.812. The molecule has 0 bridgehead atoms. The van der Waals surface area contributed by atoms with Crippen LogP contribution in [0, 0.1) is 5.92 Å². The molecule has 21 heavy (non-hydrogen) atoms. The minimum Gasteiger partial charge on any atom is -0.469 e. The van der Waals surface area contributed by atoms with E-state index in [2.05, 4.69) is 9.88 Å². The maximum Gasteiger partial charge on any atom is 0.273 e. The van der Waals surface area contributed by atoms with Gasteiger partial charge >= 0.3 is 0 Å². The van der Waals surface area contributed by atoms with Crippen molar-refractivity contribution in [3.8, 4) is 5.19 Å². The van der Waals surface area contributed by atoms with Gasteiger partial charge in [0.15, 0.2) is 0 Å². The number of ether oxygens (including phenoxy) is 1. The number of aromatic nitrogens is 1. The van der Waals surface area contributed by atoms with E-state index in [0.717, 1.165) is 24.3 Å². The van der Waals surface area contributed by atoms with Gasteiger partial charge in [-0.2, -0.15) is 0 Å². The predicted octanol–water partition coefficient (Wildman–Crippen LogP) is 3.23. The van der Waals surface area contributed by atoms with Crippen molar-refractivity contribution in [3.63, 3.8) is 0 Å². The van der Waals surface area contributed by atoms with E-state index in [4.69, 9.17) is 4.74 Å². The third-order valence-corrected chi connectivity index (χ3v) is 5.70. The fourth-order valence-corrected chi connectivity index (χ4v) is 4.29. The third kappa shape index (κ3) is 4.18. The lowest BCUT2D eigenvalue weighted by Gasteiger charge is -2.25. The molecular formula is C16H26N2O2S. The SMILES string of the molecule is OC(c1cnc(OCCN2CCCC2)s1)C1CCCCC1. The van der Waals surface area contributed by atoms with E-state index in [1.165, 1.54) is 56.5 Å². The Hall–Kier alpha value is -0.650. The highest BCUT2D eigenvalue weighted by molar-refractivity contribution is 7.13. The molecule has 1 atom stereocenters. The van der Waals surface area contributed by atoms with Crippen LogP contribution in [-0.4, -0.2) is 41.2 Å². The molecule has 1 aromatic heterocycles. The van der Waals surface area contributed by atoms with Gasteiger partial charge < -0.3 is 9.84 Å². The van der Waals surface area contributed by atoms with Gasteiger partial charge in [-0.3, -0.25) is 4.90 Å². The molecule has 3 rings (SSSR count). The van der Waals surface area contributed by atoms with Gasteiger partial charge in [-0.15, -0.1) is 0 Å². The van der Waals surface area contributed by atoms with Crippen LogP contribution in [0.5, 0.6) is 5.19 Å². The number of aliphatic hydroxyl groups is 1. The largest absolute Gasteiger partial charge is 0.469 e. The lowest BCUT2D eigenvalue weighted by Crippen LogP contribution is -2.24. The topological polar surface area (TPSA) is 45.6 Å². The summed E-state index contributed by atoms with van der Waals surface area (Å²) in [6.07, 6.45) is 10.2. The highest BCUT2D eigenvalue weighted by Gasteiger charge is 2.25. The van der Waals surface area contributed by atoms with Crippen LogP contribution in [0.25, 0.3) is 0 Å². The number of rotatable bonds is 6. The van der Waals surface area contributed by atoms with E-state index in [1.54, 1.807) is 6.20 Å². The summed E-state index contributed by atoms with van der Waals surface area (Å²) in [5.41, 5.74) is 0. The van der Waals surface area contributed by atoms with Gasteiger partial charge in [0.25, 0.3) is 5.19 Å². The Labute approximate surface area is 131 Å². The molecule has 1 N–H and O–H groups in total. The van der Waals surface area contributed by atoms with Gasteiger partial charge in [0.1, 0.15) is 6.61 Å². The second-order valence-corrected chi connectivity index (χ2v) is 7.29. The Morgan fingerprint density at radius 2 is 2.00 bits per heavy atom. The number of hydrogen-bond donors (Lipinski definition) is 1. The van der Waals surface area contributed by atoms with Gasteiger partial charge in [0, 0.05) is 12.7 Å². The molecule has 1 saturated heterocycles. The molecule has 1 aliphatic carbocycles. The van der Waals surface area contributed by atoms with Crippen molar-refractivity contribution in [3.05, 3.63) is 11.1 Å². The van der Waals surface area contributed by atoms with Crippen LogP contribution in [0.1, 0.15) is 55.9 Å². The zero-order valence-electron chi connectivity index (χ0n) is 12.7. The Morgan fingerprint density at radius 3 is 2.76 bits per heavy atom. The van der Waals surface area contributed by atoms with Gasteiger partial charge in [0.2, 0.25) is 0 Å².